The van der Waals surface area contributed by atoms with Crippen LogP contribution in [0.1, 0.15) is 25.7 Å². The van der Waals surface area contributed by atoms with E-state index in [2.05, 4.69) is 17.1 Å². The molecule has 2 fully saturated rings. The maximum Gasteiger partial charge on any atom is 0.0701 e. The van der Waals surface area contributed by atoms with E-state index in [1.54, 1.807) is 7.11 Å². The van der Waals surface area contributed by atoms with E-state index in [1.165, 1.54) is 30.8 Å². The molecule has 1 N–H and O–H groups in total. The topological polar surface area (TPSA) is 39.7 Å². The van der Waals surface area contributed by atoms with Gasteiger partial charge in [-0.2, -0.15) is 11.8 Å². The number of hydrogen-bond donors (Lipinski definition) is 1. The Bertz CT molecular complexity index is 266. The average Bonchev–Trinajstić information content (AvgIpc) is 2.48. The number of thioether (sulfide) groups is 1. The van der Waals surface area contributed by atoms with Gasteiger partial charge in [0, 0.05) is 19.8 Å². The van der Waals surface area contributed by atoms with Crippen molar-refractivity contribution in [1.82, 2.24) is 5.32 Å². The highest BCUT2D eigenvalue weighted by atomic mass is 32.2. The van der Waals surface area contributed by atoms with Crippen LogP contribution in [0.5, 0.6) is 0 Å². The van der Waals surface area contributed by atoms with Crippen LogP contribution < -0.4 is 5.32 Å². The maximum atomic E-state index is 6.17. The molecule has 1 spiro atoms. The van der Waals surface area contributed by atoms with E-state index in [9.17, 15) is 0 Å². The van der Waals surface area contributed by atoms with Gasteiger partial charge < -0.3 is 19.5 Å². The van der Waals surface area contributed by atoms with E-state index in [0.29, 0.717) is 25.2 Å². The Labute approximate surface area is 127 Å². The molecular formula is C15H29NO3S. The molecule has 118 valence electrons. The molecule has 2 rings (SSSR count). The lowest BCUT2D eigenvalue weighted by Gasteiger charge is -2.45. The summed E-state index contributed by atoms with van der Waals surface area (Å²) in [5, 5.41) is 3.44. The number of methoxy groups -OCH3 is 1. The van der Waals surface area contributed by atoms with Crippen molar-refractivity contribution in [1.29, 1.82) is 0 Å². The highest BCUT2D eigenvalue weighted by Crippen LogP contribution is 2.40. The second kappa shape index (κ2) is 8.59. The Morgan fingerprint density at radius 1 is 1.35 bits per heavy atom. The number of nitrogens with one attached hydrogen (secondary N) is 1. The summed E-state index contributed by atoms with van der Waals surface area (Å²) in [4.78, 5) is 0. The third-order valence-corrected chi connectivity index (χ3v) is 5.59. The molecule has 5 heteroatoms. The Kier molecular flexibility index (Phi) is 7.11. The van der Waals surface area contributed by atoms with Crippen molar-refractivity contribution in [2.24, 2.45) is 5.92 Å². The molecule has 0 radical (unpaired) electrons. The fourth-order valence-electron chi connectivity index (χ4n) is 3.31. The van der Waals surface area contributed by atoms with E-state index < -0.39 is 0 Å². The van der Waals surface area contributed by atoms with Crippen LogP contribution in [0.15, 0.2) is 0 Å². The van der Waals surface area contributed by atoms with Gasteiger partial charge in [-0.15, -0.1) is 0 Å². The zero-order valence-corrected chi connectivity index (χ0v) is 13.7. The summed E-state index contributed by atoms with van der Waals surface area (Å²) in [6.07, 6.45) is 4.77. The van der Waals surface area contributed by atoms with Crippen LogP contribution in [0.25, 0.3) is 0 Å². The molecule has 0 aromatic carbocycles. The lowest BCUT2D eigenvalue weighted by Crippen LogP contribution is -2.49. The highest BCUT2D eigenvalue weighted by molar-refractivity contribution is 7.99. The van der Waals surface area contributed by atoms with Crippen LogP contribution in [0.3, 0.4) is 0 Å². The molecule has 0 bridgehead atoms. The van der Waals surface area contributed by atoms with Gasteiger partial charge in [-0.1, -0.05) is 0 Å². The minimum Gasteiger partial charge on any atom is -0.382 e. The van der Waals surface area contributed by atoms with Crippen LogP contribution >= 0.6 is 11.8 Å². The number of rotatable bonds is 7. The van der Waals surface area contributed by atoms with E-state index in [-0.39, 0.29) is 5.60 Å². The molecule has 2 saturated heterocycles. The number of likely N-dealkylation sites (N-methyl/N-ethyl adjacent to an activating group) is 1. The van der Waals surface area contributed by atoms with Crippen LogP contribution in [0.2, 0.25) is 0 Å². The molecule has 0 aromatic heterocycles. The zero-order valence-electron chi connectivity index (χ0n) is 12.9. The first-order chi connectivity index (χ1) is 9.79. The first-order valence-corrected chi connectivity index (χ1v) is 8.91. The summed E-state index contributed by atoms with van der Waals surface area (Å²) in [5.41, 5.74) is 0.162. The average molecular weight is 303 g/mol. The largest absolute Gasteiger partial charge is 0.382 e. The van der Waals surface area contributed by atoms with Gasteiger partial charge in [-0.3, -0.25) is 0 Å². The zero-order chi connectivity index (χ0) is 14.3. The molecule has 4 nitrogen and oxygen atoms in total. The van der Waals surface area contributed by atoms with Gasteiger partial charge in [0.05, 0.1) is 25.4 Å². The quantitative estimate of drug-likeness (QED) is 0.728. The van der Waals surface area contributed by atoms with Gasteiger partial charge in [-0.05, 0) is 50.2 Å². The standard InChI is InChI=1S/C15H29NO3S/c1-16-14(12-18-8-7-17-2)13-3-6-19-15(11-13)4-9-20-10-5-15/h13-14,16H,3-12H2,1-2H3. The first-order valence-electron chi connectivity index (χ1n) is 7.75. The minimum absolute atomic E-state index is 0.162. The molecule has 0 saturated carbocycles. The molecule has 2 heterocycles. The second-order valence-corrected chi connectivity index (χ2v) is 7.08. The fourth-order valence-corrected chi connectivity index (χ4v) is 4.55. The number of ether oxygens (including phenoxy) is 3. The Morgan fingerprint density at radius 3 is 2.85 bits per heavy atom. The van der Waals surface area contributed by atoms with Crippen molar-refractivity contribution in [3.8, 4) is 0 Å². The van der Waals surface area contributed by atoms with Crippen molar-refractivity contribution in [2.75, 3.05) is 52.1 Å². The van der Waals surface area contributed by atoms with Crippen LogP contribution in [-0.4, -0.2) is 63.7 Å². The Hall–Kier alpha value is 0.190. The normalized spacial score (nSPS) is 27.6. The summed E-state index contributed by atoms with van der Waals surface area (Å²) in [6, 6.07) is 0.433. The fraction of sp³-hybridized carbons (Fsp3) is 1.00. The molecule has 2 aliphatic heterocycles. The molecule has 0 aromatic rings. The van der Waals surface area contributed by atoms with E-state index in [0.717, 1.165) is 19.6 Å². The molecule has 0 amide bonds. The third-order valence-electron chi connectivity index (χ3n) is 4.60. The monoisotopic (exact) mass is 303 g/mol. The second-order valence-electron chi connectivity index (χ2n) is 5.86. The third kappa shape index (κ3) is 4.60. The van der Waals surface area contributed by atoms with Crippen molar-refractivity contribution >= 4 is 11.8 Å². The van der Waals surface area contributed by atoms with Gasteiger partial charge in [-0.25, -0.2) is 0 Å². The van der Waals surface area contributed by atoms with Crippen LogP contribution in [-0.2, 0) is 14.2 Å². The predicted molar refractivity (Wildman–Crippen MR) is 83.5 cm³/mol. The lowest BCUT2D eigenvalue weighted by atomic mass is 9.79. The molecule has 2 aliphatic rings. The summed E-state index contributed by atoms with van der Waals surface area (Å²) >= 11 is 2.06. The minimum atomic E-state index is 0.162. The van der Waals surface area contributed by atoms with E-state index >= 15 is 0 Å². The van der Waals surface area contributed by atoms with Gasteiger partial charge in [0.25, 0.3) is 0 Å². The van der Waals surface area contributed by atoms with Gasteiger partial charge in [0.15, 0.2) is 0 Å². The smallest absolute Gasteiger partial charge is 0.0701 e. The summed E-state index contributed by atoms with van der Waals surface area (Å²) in [6.45, 7) is 3.03. The first kappa shape index (κ1) is 16.6. The molecule has 20 heavy (non-hydrogen) atoms. The van der Waals surface area contributed by atoms with Crippen LogP contribution in [0, 0.1) is 5.92 Å². The van der Waals surface area contributed by atoms with E-state index in [1.807, 2.05) is 7.05 Å². The van der Waals surface area contributed by atoms with Crippen molar-refractivity contribution in [3.05, 3.63) is 0 Å². The lowest BCUT2D eigenvalue weighted by molar-refractivity contribution is -0.110. The Balaban J connectivity index is 1.82. The van der Waals surface area contributed by atoms with E-state index in [4.69, 9.17) is 14.2 Å². The molecular weight excluding hydrogens is 274 g/mol. The maximum absolute atomic E-state index is 6.17. The summed E-state index contributed by atoms with van der Waals surface area (Å²) in [5.74, 6) is 3.17. The predicted octanol–water partition coefficient (Wildman–Crippen LogP) is 1.93. The Morgan fingerprint density at radius 2 is 2.15 bits per heavy atom. The highest BCUT2D eigenvalue weighted by Gasteiger charge is 2.40. The molecule has 2 atom stereocenters. The molecule has 0 aliphatic carbocycles. The van der Waals surface area contributed by atoms with Crippen molar-refractivity contribution in [2.45, 2.75) is 37.3 Å². The summed E-state index contributed by atoms with van der Waals surface area (Å²) < 4.78 is 16.9. The number of hydrogen-bond acceptors (Lipinski definition) is 5. The van der Waals surface area contributed by atoms with Crippen molar-refractivity contribution in [3.63, 3.8) is 0 Å². The SMILES string of the molecule is CNC(COCCOC)C1CCOC2(CCSCC2)C1. The van der Waals surface area contributed by atoms with Gasteiger partial charge in [0.1, 0.15) is 0 Å². The summed E-state index contributed by atoms with van der Waals surface area (Å²) in [7, 11) is 3.76. The van der Waals surface area contributed by atoms with Crippen LogP contribution in [0.4, 0.5) is 0 Å². The van der Waals surface area contributed by atoms with Gasteiger partial charge in [0.2, 0.25) is 0 Å². The molecule has 2 unspecified atom stereocenters. The van der Waals surface area contributed by atoms with Gasteiger partial charge >= 0.3 is 0 Å². The van der Waals surface area contributed by atoms with Crippen molar-refractivity contribution < 1.29 is 14.2 Å².